The Hall–Kier alpha value is -1.82. The minimum atomic E-state index is -0.230. The Morgan fingerprint density at radius 1 is 1.29 bits per heavy atom. The molecule has 0 bridgehead atoms. The lowest BCUT2D eigenvalue weighted by Gasteiger charge is -1.98. The number of phenols is 2. The van der Waals surface area contributed by atoms with E-state index in [2.05, 4.69) is 10.2 Å². The van der Waals surface area contributed by atoms with Crippen LogP contribution >= 0.6 is 12.2 Å². The molecule has 0 unspecified atom stereocenters. The molecule has 14 heavy (non-hydrogen) atoms. The standard InChI is InChI=1S/C8H6N2O3S/c11-5-2-1-4(3-6(5)12)7-9-10-8(14)13-7/h1-3,11-12H,(H,10,14). The van der Waals surface area contributed by atoms with Crippen molar-refractivity contribution in [2.24, 2.45) is 0 Å². The maximum absolute atomic E-state index is 9.21. The van der Waals surface area contributed by atoms with Gasteiger partial charge in [0.1, 0.15) is 0 Å². The SMILES string of the molecule is Oc1ccc(-c2n[nH]c(=S)o2)cc1O. The molecule has 1 aromatic carbocycles. The maximum Gasteiger partial charge on any atom is 0.284 e. The average molecular weight is 210 g/mol. The number of nitrogens with one attached hydrogen (secondary N) is 1. The van der Waals surface area contributed by atoms with Crippen molar-refractivity contribution < 1.29 is 14.6 Å². The molecule has 0 amide bonds. The van der Waals surface area contributed by atoms with Crippen LogP contribution in [0.15, 0.2) is 22.6 Å². The van der Waals surface area contributed by atoms with Crippen LogP contribution in [0, 0.1) is 4.84 Å². The number of benzene rings is 1. The van der Waals surface area contributed by atoms with Crippen molar-refractivity contribution >= 4 is 12.2 Å². The van der Waals surface area contributed by atoms with Gasteiger partial charge in [0.2, 0.25) is 5.89 Å². The number of nitrogens with zero attached hydrogens (tertiary/aromatic N) is 1. The first-order valence-electron chi connectivity index (χ1n) is 3.74. The Bertz CT molecular complexity index is 517. The number of phenolic OH excluding ortho intramolecular Hbond substituents is 2. The molecule has 0 aliphatic rings. The van der Waals surface area contributed by atoms with E-state index in [4.69, 9.17) is 21.7 Å². The summed E-state index contributed by atoms with van der Waals surface area (Å²) in [4.78, 5) is 0.160. The molecule has 0 aliphatic carbocycles. The minimum Gasteiger partial charge on any atom is -0.504 e. The van der Waals surface area contributed by atoms with Gasteiger partial charge in [-0.05, 0) is 30.4 Å². The van der Waals surface area contributed by atoms with Crippen molar-refractivity contribution in [1.82, 2.24) is 10.2 Å². The summed E-state index contributed by atoms with van der Waals surface area (Å²) >= 11 is 4.69. The zero-order valence-electron chi connectivity index (χ0n) is 6.89. The molecule has 72 valence electrons. The van der Waals surface area contributed by atoms with Crippen LogP contribution in [0.4, 0.5) is 0 Å². The Morgan fingerprint density at radius 2 is 2.07 bits per heavy atom. The molecule has 2 rings (SSSR count). The zero-order valence-corrected chi connectivity index (χ0v) is 7.71. The van der Waals surface area contributed by atoms with Crippen LogP contribution in [-0.4, -0.2) is 20.4 Å². The van der Waals surface area contributed by atoms with Crippen LogP contribution in [0.1, 0.15) is 0 Å². The number of aromatic amines is 1. The van der Waals surface area contributed by atoms with Gasteiger partial charge in [0.15, 0.2) is 11.5 Å². The average Bonchev–Trinajstić information content (AvgIpc) is 2.57. The number of aromatic hydroxyl groups is 2. The molecule has 5 nitrogen and oxygen atoms in total. The Labute approximate surface area is 83.6 Å². The highest BCUT2D eigenvalue weighted by Gasteiger charge is 2.06. The largest absolute Gasteiger partial charge is 0.504 e. The second-order valence-electron chi connectivity index (χ2n) is 2.62. The molecule has 0 radical (unpaired) electrons. The van der Waals surface area contributed by atoms with E-state index in [1.54, 1.807) is 6.07 Å². The Morgan fingerprint density at radius 3 is 2.64 bits per heavy atom. The van der Waals surface area contributed by atoms with Crippen molar-refractivity contribution in [3.63, 3.8) is 0 Å². The summed E-state index contributed by atoms with van der Waals surface area (Å²) in [5.41, 5.74) is 0.535. The van der Waals surface area contributed by atoms with E-state index >= 15 is 0 Å². The van der Waals surface area contributed by atoms with Gasteiger partial charge in [0.05, 0.1) is 0 Å². The van der Waals surface area contributed by atoms with Gasteiger partial charge in [-0.25, -0.2) is 5.10 Å². The van der Waals surface area contributed by atoms with Gasteiger partial charge >= 0.3 is 0 Å². The van der Waals surface area contributed by atoms with Gasteiger partial charge in [-0.1, -0.05) is 0 Å². The summed E-state index contributed by atoms with van der Waals surface area (Å²) < 4.78 is 5.02. The van der Waals surface area contributed by atoms with E-state index in [0.29, 0.717) is 5.56 Å². The van der Waals surface area contributed by atoms with Crippen LogP contribution in [0.5, 0.6) is 11.5 Å². The Kier molecular flexibility index (Phi) is 1.97. The van der Waals surface area contributed by atoms with Gasteiger partial charge in [0, 0.05) is 5.56 Å². The molecule has 1 aromatic heterocycles. The van der Waals surface area contributed by atoms with Crippen molar-refractivity contribution in [1.29, 1.82) is 0 Å². The van der Waals surface area contributed by atoms with Gasteiger partial charge in [-0.3, -0.25) is 0 Å². The molecular weight excluding hydrogens is 204 g/mol. The van der Waals surface area contributed by atoms with E-state index in [0.717, 1.165) is 0 Å². The number of hydrogen-bond acceptors (Lipinski definition) is 5. The highest BCUT2D eigenvalue weighted by Crippen LogP contribution is 2.29. The lowest BCUT2D eigenvalue weighted by atomic mass is 10.2. The van der Waals surface area contributed by atoms with E-state index in [1.165, 1.54) is 12.1 Å². The highest BCUT2D eigenvalue weighted by molar-refractivity contribution is 7.71. The summed E-state index contributed by atoms with van der Waals surface area (Å²) in [5.74, 6) is -0.153. The fraction of sp³-hybridized carbons (Fsp3) is 0. The predicted molar refractivity (Wildman–Crippen MR) is 50.5 cm³/mol. The number of rotatable bonds is 1. The molecular formula is C8H6N2O3S. The Balaban J connectivity index is 2.52. The van der Waals surface area contributed by atoms with Gasteiger partial charge < -0.3 is 14.6 Å². The lowest BCUT2D eigenvalue weighted by molar-refractivity contribution is 0.403. The predicted octanol–water partition coefficient (Wildman–Crippen LogP) is 1.81. The van der Waals surface area contributed by atoms with Crippen molar-refractivity contribution in [3.05, 3.63) is 23.0 Å². The minimum absolute atomic E-state index is 0.160. The second-order valence-corrected chi connectivity index (χ2v) is 2.99. The third kappa shape index (κ3) is 1.47. The highest BCUT2D eigenvalue weighted by atomic mass is 32.1. The normalized spacial score (nSPS) is 10.3. The van der Waals surface area contributed by atoms with Crippen LogP contribution in [0.2, 0.25) is 0 Å². The molecule has 2 aromatic rings. The smallest absolute Gasteiger partial charge is 0.284 e. The molecule has 0 spiro atoms. The van der Waals surface area contributed by atoms with Gasteiger partial charge in [-0.15, -0.1) is 5.10 Å². The summed E-state index contributed by atoms with van der Waals surface area (Å²) in [6.45, 7) is 0. The topological polar surface area (TPSA) is 82.3 Å². The quantitative estimate of drug-likeness (QED) is 0.494. The van der Waals surface area contributed by atoms with Crippen molar-refractivity contribution in [2.75, 3.05) is 0 Å². The first-order chi connectivity index (χ1) is 6.66. The summed E-state index contributed by atoms with van der Waals surface area (Å²) in [5, 5.41) is 24.5. The van der Waals surface area contributed by atoms with E-state index < -0.39 is 0 Å². The zero-order chi connectivity index (χ0) is 10.1. The number of hydrogen-bond donors (Lipinski definition) is 3. The molecule has 1 heterocycles. The molecule has 0 saturated heterocycles. The number of aromatic nitrogens is 2. The molecule has 3 N–H and O–H groups in total. The van der Waals surface area contributed by atoms with E-state index in [-0.39, 0.29) is 22.2 Å². The monoisotopic (exact) mass is 210 g/mol. The second kappa shape index (κ2) is 3.15. The van der Waals surface area contributed by atoms with Crippen LogP contribution < -0.4 is 0 Å². The number of H-pyrrole nitrogens is 1. The van der Waals surface area contributed by atoms with E-state index in [9.17, 15) is 5.11 Å². The molecule has 0 fully saturated rings. The van der Waals surface area contributed by atoms with Crippen LogP contribution in [-0.2, 0) is 0 Å². The van der Waals surface area contributed by atoms with Gasteiger partial charge in [0.25, 0.3) is 4.84 Å². The van der Waals surface area contributed by atoms with Crippen LogP contribution in [0.25, 0.3) is 11.5 Å². The van der Waals surface area contributed by atoms with E-state index in [1.807, 2.05) is 0 Å². The first kappa shape index (κ1) is 8.76. The molecule has 0 saturated carbocycles. The van der Waals surface area contributed by atoms with Gasteiger partial charge in [-0.2, -0.15) is 0 Å². The third-order valence-corrected chi connectivity index (χ3v) is 1.84. The molecule has 0 aliphatic heterocycles. The third-order valence-electron chi connectivity index (χ3n) is 1.66. The van der Waals surface area contributed by atoms with Crippen molar-refractivity contribution in [3.8, 4) is 23.0 Å². The molecule has 0 atom stereocenters. The molecule has 6 heteroatoms. The maximum atomic E-state index is 9.21. The summed E-state index contributed by atoms with van der Waals surface area (Å²) in [6, 6.07) is 4.24. The fourth-order valence-corrected chi connectivity index (χ4v) is 1.13. The summed E-state index contributed by atoms with van der Waals surface area (Å²) in [6.07, 6.45) is 0. The summed E-state index contributed by atoms with van der Waals surface area (Å²) in [7, 11) is 0. The first-order valence-corrected chi connectivity index (χ1v) is 4.15. The van der Waals surface area contributed by atoms with Crippen molar-refractivity contribution in [2.45, 2.75) is 0 Å². The lowest BCUT2D eigenvalue weighted by Crippen LogP contribution is -1.77. The van der Waals surface area contributed by atoms with Crippen LogP contribution in [0.3, 0.4) is 0 Å². The fourth-order valence-electron chi connectivity index (χ4n) is 1.01.